The second kappa shape index (κ2) is 8.77. The third-order valence-electron chi connectivity index (χ3n) is 4.69. The van der Waals surface area contributed by atoms with E-state index in [1.807, 2.05) is 0 Å². The first-order valence-corrected chi connectivity index (χ1v) is 9.53. The molecule has 0 unspecified atom stereocenters. The van der Waals surface area contributed by atoms with E-state index in [1.165, 1.54) is 41.2 Å². The van der Waals surface area contributed by atoms with Crippen molar-refractivity contribution in [3.63, 3.8) is 0 Å². The van der Waals surface area contributed by atoms with E-state index in [9.17, 15) is 27.5 Å². The number of fused-ring (bicyclic) bond motifs is 1. The number of benzene rings is 1. The number of rotatable bonds is 7. The van der Waals surface area contributed by atoms with Gasteiger partial charge in [0.1, 0.15) is 23.8 Å². The fourth-order valence-corrected chi connectivity index (χ4v) is 3.38. The highest BCUT2D eigenvalue weighted by Gasteiger charge is 2.31. The minimum absolute atomic E-state index is 0.0219. The molecule has 4 aromatic rings. The Balaban J connectivity index is 1.57. The molecule has 7 nitrogen and oxygen atoms in total. The maximum Gasteiger partial charge on any atom is 0.573 e. The van der Waals surface area contributed by atoms with E-state index in [-0.39, 0.29) is 30.3 Å². The average molecular weight is 461 g/mol. The van der Waals surface area contributed by atoms with Crippen molar-refractivity contribution in [2.24, 2.45) is 0 Å². The second-order valence-electron chi connectivity index (χ2n) is 6.81. The Hall–Kier alpha value is -4.15. The monoisotopic (exact) mass is 461 g/mol. The van der Waals surface area contributed by atoms with Crippen LogP contribution in [0.15, 0.2) is 60.9 Å². The van der Waals surface area contributed by atoms with Crippen LogP contribution in [0, 0.1) is 5.95 Å². The lowest BCUT2D eigenvalue weighted by atomic mass is 10.1. The van der Waals surface area contributed by atoms with Crippen molar-refractivity contribution in [2.75, 3.05) is 6.61 Å². The maximum absolute atomic E-state index is 13.6. The standard InChI is InChI=1S/C22H15F4N3O4/c23-19-11-13(5-7-27-19)20-16-12-18(21(30)31)29(17(16)6-8-28-20)9-10-32-14-1-3-15(4-2-14)33-22(24,25)26/h1-8,11-12H,9-10H2,(H,30,31). The minimum atomic E-state index is -4.79. The van der Waals surface area contributed by atoms with E-state index in [4.69, 9.17) is 4.74 Å². The Morgan fingerprint density at radius 1 is 1.00 bits per heavy atom. The number of aromatic nitrogens is 3. The third kappa shape index (κ3) is 5.03. The predicted molar refractivity (Wildman–Crippen MR) is 109 cm³/mol. The molecule has 170 valence electrons. The van der Waals surface area contributed by atoms with Crippen molar-refractivity contribution in [3.05, 3.63) is 72.6 Å². The smallest absolute Gasteiger partial charge is 0.492 e. The number of aromatic carboxylic acids is 1. The summed E-state index contributed by atoms with van der Waals surface area (Å²) in [6.07, 6.45) is -2.02. The third-order valence-corrected chi connectivity index (χ3v) is 4.69. The van der Waals surface area contributed by atoms with Crippen LogP contribution in [0.25, 0.3) is 22.2 Å². The van der Waals surface area contributed by atoms with E-state index in [0.29, 0.717) is 22.2 Å². The van der Waals surface area contributed by atoms with Gasteiger partial charge in [-0.05, 0) is 42.5 Å². The van der Waals surface area contributed by atoms with Gasteiger partial charge in [-0.2, -0.15) is 4.39 Å². The number of halogens is 4. The summed E-state index contributed by atoms with van der Waals surface area (Å²) in [7, 11) is 0. The summed E-state index contributed by atoms with van der Waals surface area (Å²) in [5, 5.41) is 10.2. The number of carboxylic acids is 1. The molecule has 0 bridgehead atoms. The zero-order valence-corrected chi connectivity index (χ0v) is 16.7. The molecule has 0 aliphatic rings. The Bertz CT molecular complexity index is 1300. The summed E-state index contributed by atoms with van der Waals surface area (Å²) in [5.41, 5.74) is 1.37. The van der Waals surface area contributed by atoms with Crippen molar-refractivity contribution in [2.45, 2.75) is 12.9 Å². The molecule has 3 aromatic heterocycles. The quantitative estimate of drug-likeness (QED) is 0.311. The lowest BCUT2D eigenvalue weighted by molar-refractivity contribution is -0.274. The molecule has 4 rings (SSSR count). The summed E-state index contributed by atoms with van der Waals surface area (Å²) in [6, 6.07) is 10.7. The molecule has 0 amide bonds. The Kier molecular flexibility index (Phi) is 5.86. The van der Waals surface area contributed by atoms with E-state index < -0.39 is 18.3 Å². The van der Waals surface area contributed by atoms with Crippen molar-refractivity contribution >= 4 is 16.9 Å². The fourth-order valence-electron chi connectivity index (χ4n) is 3.38. The molecule has 3 heterocycles. The summed E-state index contributed by atoms with van der Waals surface area (Å²) in [4.78, 5) is 19.6. The van der Waals surface area contributed by atoms with Gasteiger partial charge in [-0.3, -0.25) is 4.98 Å². The number of hydrogen-bond donors (Lipinski definition) is 1. The van der Waals surface area contributed by atoms with Crippen LogP contribution in [-0.4, -0.2) is 38.6 Å². The molecular formula is C22H15F4N3O4. The van der Waals surface area contributed by atoms with E-state index in [0.717, 1.165) is 12.1 Å². The Morgan fingerprint density at radius 2 is 1.70 bits per heavy atom. The molecule has 33 heavy (non-hydrogen) atoms. The van der Waals surface area contributed by atoms with Gasteiger partial charge in [0.25, 0.3) is 0 Å². The van der Waals surface area contributed by atoms with Crippen molar-refractivity contribution in [3.8, 4) is 22.8 Å². The molecular weight excluding hydrogens is 446 g/mol. The van der Waals surface area contributed by atoms with Gasteiger partial charge >= 0.3 is 12.3 Å². The summed E-state index contributed by atoms with van der Waals surface area (Å²) >= 11 is 0. The molecule has 0 aliphatic carbocycles. The van der Waals surface area contributed by atoms with E-state index >= 15 is 0 Å². The molecule has 0 fully saturated rings. The van der Waals surface area contributed by atoms with Gasteiger partial charge in [0.15, 0.2) is 0 Å². The van der Waals surface area contributed by atoms with Crippen molar-refractivity contribution < 1.29 is 36.9 Å². The van der Waals surface area contributed by atoms with Crippen LogP contribution in [0.2, 0.25) is 0 Å². The average Bonchev–Trinajstić information content (AvgIpc) is 3.13. The van der Waals surface area contributed by atoms with Gasteiger partial charge in [0.05, 0.1) is 17.8 Å². The lowest BCUT2D eigenvalue weighted by Crippen LogP contribution is -2.17. The number of ether oxygens (including phenoxy) is 2. The number of carbonyl (C=O) groups is 1. The van der Waals surface area contributed by atoms with Crippen LogP contribution in [0.3, 0.4) is 0 Å². The van der Waals surface area contributed by atoms with E-state index in [2.05, 4.69) is 14.7 Å². The highest BCUT2D eigenvalue weighted by Crippen LogP contribution is 2.30. The topological polar surface area (TPSA) is 86.5 Å². The van der Waals surface area contributed by atoms with Gasteiger partial charge in [0, 0.05) is 29.4 Å². The normalized spacial score (nSPS) is 11.5. The molecule has 0 radical (unpaired) electrons. The van der Waals surface area contributed by atoms with Gasteiger partial charge in [-0.25, -0.2) is 9.78 Å². The van der Waals surface area contributed by atoms with Crippen molar-refractivity contribution in [1.29, 1.82) is 0 Å². The number of hydrogen-bond acceptors (Lipinski definition) is 5. The number of carboxylic acid groups (broad SMARTS) is 1. The van der Waals surface area contributed by atoms with Gasteiger partial charge in [0.2, 0.25) is 5.95 Å². The molecule has 1 N–H and O–H groups in total. The summed E-state index contributed by atoms with van der Waals surface area (Å²) in [6.45, 7) is 0.158. The zero-order chi connectivity index (χ0) is 23.6. The van der Waals surface area contributed by atoms with Crippen LogP contribution in [0.1, 0.15) is 10.5 Å². The molecule has 11 heteroatoms. The van der Waals surface area contributed by atoms with Gasteiger partial charge in [-0.1, -0.05) is 0 Å². The highest BCUT2D eigenvalue weighted by molar-refractivity contribution is 6.00. The molecule has 0 saturated heterocycles. The summed E-state index contributed by atoms with van der Waals surface area (Å²) in [5.74, 6) is -1.96. The predicted octanol–water partition coefficient (Wildman–Crippen LogP) is 4.91. The molecule has 1 aromatic carbocycles. The first-order chi connectivity index (χ1) is 15.7. The SMILES string of the molecule is O=C(O)c1cc2c(-c3ccnc(F)c3)nccc2n1CCOc1ccc(OC(F)(F)F)cc1. The lowest BCUT2D eigenvalue weighted by Gasteiger charge is -2.12. The minimum Gasteiger partial charge on any atom is -0.492 e. The largest absolute Gasteiger partial charge is 0.573 e. The Labute approximate surface area is 183 Å². The second-order valence-corrected chi connectivity index (χ2v) is 6.81. The van der Waals surface area contributed by atoms with Crippen LogP contribution >= 0.6 is 0 Å². The maximum atomic E-state index is 13.6. The first-order valence-electron chi connectivity index (χ1n) is 9.53. The molecule has 0 atom stereocenters. The van der Waals surface area contributed by atoms with Crippen molar-refractivity contribution in [1.82, 2.24) is 14.5 Å². The number of nitrogens with zero attached hydrogens (tertiary/aromatic N) is 3. The number of pyridine rings is 2. The van der Waals surface area contributed by atoms with Crippen LogP contribution in [0.4, 0.5) is 17.6 Å². The molecule has 0 saturated carbocycles. The summed E-state index contributed by atoms with van der Waals surface area (Å²) < 4.78 is 61.2. The Morgan fingerprint density at radius 3 is 2.36 bits per heavy atom. The van der Waals surface area contributed by atoms with Crippen LogP contribution in [0.5, 0.6) is 11.5 Å². The van der Waals surface area contributed by atoms with Crippen LogP contribution < -0.4 is 9.47 Å². The zero-order valence-electron chi connectivity index (χ0n) is 16.7. The fraction of sp³-hybridized carbons (Fsp3) is 0.136. The first kappa shape index (κ1) is 22.1. The van der Waals surface area contributed by atoms with Gasteiger partial charge < -0.3 is 19.1 Å². The van der Waals surface area contributed by atoms with Crippen LogP contribution in [-0.2, 0) is 6.54 Å². The highest BCUT2D eigenvalue weighted by atomic mass is 19.4. The molecule has 0 aliphatic heterocycles. The van der Waals surface area contributed by atoms with E-state index in [1.54, 1.807) is 12.1 Å². The molecule has 0 spiro atoms. The van der Waals surface area contributed by atoms with Gasteiger partial charge in [-0.15, -0.1) is 13.2 Å². The number of alkyl halides is 3.